The molecule has 0 saturated carbocycles. The van der Waals surface area contributed by atoms with Crippen molar-refractivity contribution in [3.8, 4) is 12.3 Å². The van der Waals surface area contributed by atoms with Crippen LogP contribution in [-0.2, 0) is 4.74 Å². The van der Waals surface area contributed by atoms with Crippen LogP contribution in [-0.4, -0.2) is 23.9 Å². The zero-order valence-corrected chi connectivity index (χ0v) is 7.42. The summed E-state index contributed by atoms with van der Waals surface area (Å²) in [6, 6.07) is 0. The Bertz CT molecular complexity index is 146. The van der Waals surface area contributed by atoms with E-state index in [1.54, 1.807) is 0 Å². The minimum absolute atomic E-state index is 0.0178. The molecule has 0 rings (SSSR count). The molecule has 0 saturated heterocycles. The summed E-state index contributed by atoms with van der Waals surface area (Å²) in [6.45, 7) is 6.17. The number of aliphatic hydroxyl groups excluding tert-OH is 1. The first kappa shape index (κ1) is 10.5. The summed E-state index contributed by atoms with van der Waals surface area (Å²) in [5.41, 5.74) is -0.539. The second-order valence-corrected chi connectivity index (χ2v) is 2.98. The van der Waals surface area contributed by atoms with Gasteiger partial charge in [0.25, 0.3) is 0 Å². The average molecular weight is 156 g/mol. The molecular weight excluding hydrogens is 140 g/mol. The fourth-order valence-electron chi connectivity index (χ4n) is 0.633. The predicted molar refractivity (Wildman–Crippen MR) is 45.1 cm³/mol. The van der Waals surface area contributed by atoms with Crippen LogP contribution in [0.15, 0.2) is 0 Å². The van der Waals surface area contributed by atoms with Crippen molar-refractivity contribution in [2.75, 3.05) is 13.2 Å². The maximum atomic E-state index is 8.51. The molecule has 0 bridgehead atoms. The minimum atomic E-state index is -0.539. The van der Waals surface area contributed by atoms with E-state index in [4.69, 9.17) is 16.3 Å². The molecule has 11 heavy (non-hydrogen) atoms. The Labute approximate surface area is 68.6 Å². The van der Waals surface area contributed by atoms with Crippen molar-refractivity contribution in [1.29, 1.82) is 0 Å². The Morgan fingerprint density at radius 1 is 1.64 bits per heavy atom. The van der Waals surface area contributed by atoms with Crippen molar-refractivity contribution in [3.63, 3.8) is 0 Å². The second kappa shape index (κ2) is 4.38. The maximum absolute atomic E-state index is 8.51. The molecule has 0 aromatic rings. The van der Waals surface area contributed by atoms with Gasteiger partial charge < -0.3 is 9.84 Å². The van der Waals surface area contributed by atoms with E-state index in [1.165, 1.54) is 0 Å². The third-order valence-electron chi connectivity index (χ3n) is 1.88. The molecule has 1 unspecified atom stereocenters. The third-order valence-corrected chi connectivity index (χ3v) is 1.88. The van der Waals surface area contributed by atoms with Crippen molar-refractivity contribution in [2.45, 2.75) is 26.4 Å². The van der Waals surface area contributed by atoms with Gasteiger partial charge in [0.15, 0.2) is 0 Å². The molecule has 0 aliphatic heterocycles. The lowest BCUT2D eigenvalue weighted by Crippen LogP contribution is -2.34. The molecule has 0 fully saturated rings. The van der Waals surface area contributed by atoms with Gasteiger partial charge >= 0.3 is 0 Å². The average Bonchev–Trinajstić information content (AvgIpc) is 2.00. The molecule has 1 N–H and O–H groups in total. The lowest BCUT2D eigenvalue weighted by atomic mass is 9.93. The molecule has 1 atom stereocenters. The Kier molecular flexibility index (Phi) is 4.17. The Balaban J connectivity index is 4.03. The van der Waals surface area contributed by atoms with Crippen molar-refractivity contribution in [3.05, 3.63) is 0 Å². The number of hydrogen-bond donors (Lipinski definition) is 1. The smallest absolute Gasteiger partial charge is 0.128 e. The molecule has 64 valence electrons. The standard InChI is InChI=1S/C9H16O2/c1-5-9(4,8(2)3)11-7-6-10/h1,8,10H,6-7H2,2-4H3. The van der Waals surface area contributed by atoms with Gasteiger partial charge in [-0.3, -0.25) is 0 Å². The number of hydrogen-bond acceptors (Lipinski definition) is 2. The monoisotopic (exact) mass is 156 g/mol. The van der Waals surface area contributed by atoms with Gasteiger partial charge in [0, 0.05) is 0 Å². The van der Waals surface area contributed by atoms with Gasteiger partial charge in [-0.25, -0.2) is 0 Å². The van der Waals surface area contributed by atoms with E-state index in [1.807, 2.05) is 20.8 Å². The van der Waals surface area contributed by atoms with E-state index in [9.17, 15) is 0 Å². The summed E-state index contributed by atoms with van der Waals surface area (Å²) in [6.07, 6.45) is 5.29. The van der Waals surface area contributed by atoms with E-state index in [0.29, 0.717) is 6.61 Å². The van der Waals surface area contributed by atoms with E-state index in [0.717, 1.165) is 0 Å². The first-order valence-corrected chi connectivity index (χ1v) is 3.79. The van der Waals surface area contributed by atoms with E-state index in [-0.39, 0.29) is 12.5 Å². The van der Waals surface area contributed by atoms with Crippen LogP contribution in [0.3, 0.4) is 0 Å². The molecule has 0 aliphatic carbocycles. The van der Waals surface area contributed by atoms with Gasteiger partial charge in [0.05, 0.1) is 13.2 Å². The van der Waals surface area contributed by atoms with Crippen molar-refractivity contribution < 1.29 is 9.84 Å². The highest BCUT2D eigenvalue weighted by molar-refractivity contribution is 5.07. The first-order valence-electron chi connectivity index (χ1n) is 3.79. The van der Waals surface area contributed by atoms with Gasteiger partial charge in [-0.15, -0.1) is 6.42 Å². The fraction of sp³-hybridized carbons (Fsp3) is 0.778. The molecule has 0 spiro atoms. The quantitative estimate of drug-likeness (QED) is 0.616. The van der Waals surface area contributed by atoms with Crippen LogP contribution in [0, 0.1) is 18.3 Å². The normalized spacial score (nSPS) is 16.0. The Morgan fingerprint density at radius 3 is 2.45 bits per heavy atom. The SMILES string of the molecule is C#CC(C)(OCCO)C(C)C. The van der Waals surface area contributed by atoms with E-state index >= 15 is 0 Å². The molecule has 2 nitrogen and oxygen atoms in total. The van der Waals surface area contributed by atoms with Gasteiger partial charge in [-0.1, -0.05) is 19.8 Å². The Morgan fingerprint density at radius 2 is 2.18 bits per heavy atom. The van der Waals surface area contributed by atoms with Crippen LogP contribution < -0.4 is 0 Å². The first-order chi connectivity index (χ1) is 5.06. The van der Waals surface area contributed by atoms with Crippen LogP contribution >= 0.6 is 0 Å². The zero-order valence-electron chi connectivity index (χ0n) is 7.42. The van der Waals surface area contributed by atoms with E-state index in [2.05, 4.69) is 5.92 Å². The van der Waals surface area contributed by atoms with Crippen LogP contribution in [0.1, 0.15) is 20.8 Å². The molecule has 0 aliphatic rings. The van der Waals surface area contributed by atoms with Crippen LogP contribution in [0.2, 0.25) is 0 Å². The predicted octanol–water partition coefficient (Wildman–Crippen LogP) is 1.04. The summed E-state index contributed by atoms with van der Waals surface area (Å²) in [5, 5.41) is 8.51. The summed E-state index contributed by atoms with van der Waals surface area (Å²) in [5.74, 6) is 2.84. The highest BCUT2D eigenvalue weighted by Gasteiger charge is 2.25. The number of terminal acetylenes is 1. The summed E-state index contributed by atoms with van der Waals surface area (Å²) >= 11 is 0. The second-order valence-electron chi connectivity index (χ2n) is 2.98. The molecule has 0 aromatic carbocycles. The number of ether oxygens (including phenoxy) is 1. The summed E-state index contributed by atoms with van der Waals surface area (Å²) in [7, 11) is 0. The third kappa shape index (κ3) is 2.92. The molecule has 0 radical (unpaired) electrons. The fourth-order valence-corrected chi connectivity index (χ4v) is 0.633. The lowest BCUT2D eigenvalue weighted by molar-refractivity contribution is -0.0340. The number of aliphatic hydroxyl groups is 1. The lowest BCUT2D eigenvalue weighted by Gasteiger charge is -2.27. The van der Waals surface area contributed by atoms with Crippen LogP contribution in [0.4, 0.5) is 0 Å². The van der Waals surface area contributed by atoms with Crippen molar-refractivity contribution in [1.82, 2.24) is 0 Å². The van der Waals surface area contributed by atoms with Gasteiger partial charge in [0.1, 0.15) is 5.60 Å². The molecule has 0 heterocycles. The Hall–Kier alpha value is -0.520. The molecule has 0 aromatic heterocycles. The zero-order chi connectivity index (χ0) is 8.91. The van der Waals surface area contributed by atoms with E-state index < -0.39 is 5.60 Å². The van der Waals surface area contributed by atoms with Crippen LogP contribution in [0.5, 0.6) is 0 Å². The van der Waals surface area contributed by atoms with Gasteiger partial charge in [-0.2, -0.15) is 0 Å². The van der Waals surface area contributed by atoms with Gasteiger partial charge in [0.2, 0.25) is 0 Å². The van der Waals surface area contributed by atoms with Crippen LogP contribution in [0.25, 0.3) is 0 Å². The molecular formula is C9H16O2. The number of rotatable bonds is 4. The van der Waals surface area contributed by atoms with Crippen molar-refractivity contribution >= 4 is 0 Å². The van der Waals surface area contributed by atoms with Gasteiger partial charge in [-0.05, 0) is 12.8 Å². The molecule has 2 heteroatoms. The topological polar surface area (TPSA) is 29.5 Å². The van der Waals surface area contributed by atoms with Crippen molar-refractivity contribution in [2.24, 2.45) is 5.92 Å². The maximum Gasteiger partial charge on any atom is 0.128 e. The molecule has 0 amide bonds. The largest absolute Gasteiger partial charge is 0.394 e. The minimum Gasteiger partial charge on any atom is -0.394 e. The highest BCUT2D eigenvalue weighted by Crippen LogP contribution is 2.19. The summed E-state index contributed by atoms with van der Waals surface area (Å²) in [4.78, 5) is 0. The highest BCUT2D eigenvalue weighted by atomic mass is 16.5. The summed E-state index contributed by atoms with van der Waals surface area (Å²) < 4.78 is 5.30.